The van der Waals surface area contributed by atoms with Crippen molar-refractivity contribution in [1.82, 2.24) is 4.57 Å². The van der Waals surface area contributed by atoms with E-state index in [2.05, 4.69) is 132 Å². The molecule has 1 aromatic heterocycles. The number of anilines is 3. The summed E-state index contributed by atoms with van der Waals surface area (Å²) in [5.41, 5.74) is 11.2. The van der Waals surface area contributed by atoms with Crippen molar-refractivity contribution in [2.45, 2.75) is 26.2 Å². The molecule has 0 fully saturated rings. The second kappa shape index (κ2) is 11.8. The number of nitrogens with zero attached hydrogens (tertiary/aromatic N) is 3. The topological polar surface area (TPSA) is 21.3 Å². The maximum Gasteiger partial charge on any atom is 4.00 e. The number of rotatable bonds is 2. The fourth-order valence-corrected chi connectivity index (χ4v) is 6.37. The molecule has 6 aromatic carbocycles. The van der Waals surface area contributed by atoms with Crippen LogP contribution in [0.1, 0.15) is 30.5 Å². The first-order chi connectivity index (χ1) is 22.0. The van der Waals surface area contributed by atoms with E-state index in [0.717, 1.165) is 51.0 Å². The van der Waals surface area contributed by atoms with Crippen LogP contribution in [0.25, 0.3) is 22.4 Å². The number of benzene rings is 6. The van der Waals surface area contributed by atoms with Gasteiger partial charge in [-0.05, 0) is 47.5 Å². The zero-order valence-corrected chi connectivity index (χ0v) is 28.0. The van der Waals surface area contributed by atoms with Crippen molar-refractivity contribution < 1.29 is 30.4 Å². The molecule has 0 N–H and O–H groups in total. The third-order valence-corrected chi connectivity index (χ3v) is 8.66. The molecule has 0 aliphatic carbocycles. The molecule has 4 nitrogen and oxygen atoms in total. The largest absolute Gasteiger partial charge is 4.00 e. The van der Waals surface area contributed by atoms with Crippen molar-refractivity contribution in [3.05, 3.63) is 169 Å². The van der Waals surface area contributed by atoms with Gasteiger partial charge in [0.25, 0.3) is 6.33 Å². The number of aryl methyl sites for hydroxylation is 1. The smallest absolute Gasteiger partial charge is 0.513 e. The van der Waals surface area contributed by atoms with E-state index in [-0.39, 0.29) is 26.5 Å². The van der Waals surface area contributed by atoms with Gasteiger partial charge in [-0.1, -0.05) is 73.6 Å². The quantitative estimate of drug-likeness (QED) is 0.129. The molecule has 0 saturated heterocycles. The summed E-state index contributed by atoms with van der Waals surface area (Å²) in [7, 11) is 0. The maximum absolute atomic E-state index is 6.15. The minimum absolute atomic E-state index is 0. The van der Waals surface area contributed by atoms with Crippen molar-refractivity contribution in [2.75, 3.05) is 4.90 Å². The first-order valence-corrected chi connectivity index (χ1v) is 15.1. The van der Waals surface area contributed by atoms with E-state index >= 15 is 0 Å². The van der Waals surface area contributed by atoms with Crippen molar-refractivity contribution >= 4 is 28.1 Å². The van der Waals surface area contributed by atoms with Crippen LogP contribution >= 0.6 is 0 Å². The third kappa shape index (κ3) is 4.85. The molecular weight excluding hydrogens is 746 g/mol. The zero-order valence-electron chi connectivity index (χ0n) is 25.7. The zero-order chi connectivity index (χ0) is 30.5. The molecule has 224 valence electrons. The van der Waals surface area contributed by atoms with Gasteiger partial charge in [-0.25, -0.2) is 0 Å². The summed E-state index contributed by atoms with van der Waals surface area (Å²) in [4.78, 5) is 2.24. The van der Waals surface area contributed by atoms with Gasteiger partial charge in [0.15, 0.2) is 0 Å². The van der Waals surface area contributed by atoms with Gasteiger partial charge in [-0.15, -0.1) is 11.6 Å². The summed E-state index contributed by atoms with van der Waals surface area (Å²) in [6.07, 6.45) is 3.44. The summed E-state index contributed by atoms with van der Waals surface area (Å²) in [5, 5.41) is 0. The molecule has 0 amide bonds. The van der Waals surface area contributed by atoms with Gasteiger partial charge in [0.2, 0.25) is 0 Å². The summed E-state index contributed by atoms with van der Waals surface area (Å²) < 4.78 is 10.3. The Morgan fingerprint density at radius 1 is 0.652 bits per heavy atom. The molecule has 0 saturated carbocycles. The van der Waals surface area contributed by atoms with E-state index in [4.69, 9.17) is 4.74 Å². The average molecular weight is 776 g/mol. The second-order valence-corrected chi connectivity index (χ2v) is 11.9. The molecule has 0 bridgehead atoms. The summed E-state index contributed by atoms with van der Waals surface area (Å²) >= 11 is 0. The minimum Gasteiger partial charge on any atom is -0.513 e. The molecule has 7 aromatic rings. The molecule has 46 heavy (non-hydrogen) atoms. The Morgan fingerprint density at radius 2 is 1.35 bits per heavy atom. The number of hydrogen-bond donors (Lipinski definition) is 0. The Kier molecular flexibility index (Phi) is 7.62. The van der Waals surface area contributed by atoms with Gasteiger partial charge in [-0.2, -0.15) is 72.8 Å². The maximum atomic E-state index is 6.15. The van der Waals surface area contributed by atoms with Gasteiger partial charge < -0.3 is 14.2 Å². The molecule has 9 rings (SSSR count). The van der Waals surface area contributed by atoms with E-state index in [1.54, 1.807) is 0 Å². The molecule has 3 heterocycles. The van der Waals surface area contributed by atoms with Gasteiger partial charge in [0.05, 0.1) is 22.4 Å². The Morgan fingerprint density at radius 3 is 2.15 bits per heavy atom. The molecule has 0 radical (unpaired) electrons. The molecule has 2 aliphatic rings. The monoisotopic (exact) mass is 775 g/mol. The van der Waals surface area contributed by atoms with E-state index in [0.29, 0.717) is 0 Å². The molecule has 0 spiro atoms. The Hall–Kier alpha value is -4.92. The standard InChI is InChI=1S/C21H15NO.C20H15N2.Pt/c1-21(2)14-8-3-4-10-16(14)22-17-11-5-6-12-18(17)23-19-13-7-9-15(21)20(19)22;1-16-11-13-18(14-12-16)22-15-21(17-7-3-2-4-8-17)19-9-5-6-10-20(19)22;/h3-9,12-13H,1-2H3;2-7,9-14H,1H3;/q-2;-1;+4. The van der Waals surface area contributed by atoms with E-state index in [1.807, 2.05) is 54.6 Å². The Balaban J connectivity index is 0.000000144. The average Bonchev–Trinajstić information content (AvgIpc) is 3.47. The SMILES string of the molecule is CC1(C)c2ccc[c-]c2N2c3[c-]cccc3Oc3cccc1c32.Cc1ccc(-[n+]2[c-]n(-c3[c-]cccc3)c3ccccc32)cc1.[Pt+4]. The van der Waals surface area contributed by atoms with Crippen LogP contribution in [0.3, 0.4) is 0 Å². The first kappa shape index (κ1) is 29.8. The fraction of sp³-hybridized carbons (Fsp3) is 0.0976. The van der Waals surface area contributed by atoms with E-state index < -0.39 is 0 Å². The van der Waals surface area contributed by atoms with Crippen molar-refractivity contribution in [3.8, 4) is 22.9 Å². The van der Waals surface area contributed by atoms with E-state index in [1.165, 1.54) is 16.7 Å². The van der Waals surface area contributed by atoms with Crippen LogP contribution in [-0.2, 0) is 26.5 Å². The predicted octanol–water partition coefficient (Wildman–Crippen LogP) is 9.32. The molecule has 5 heteroatoms. The van der Waals surface area contributed by atoms with Gasteiger partial charge in [0, 0.05) is 5.75 Å². The van der Waals surface area contributed by atoms with Crippen LogP contribution < -0.4 is 14.2 Å². The van der Waals surface area contributed by atoms with Crippen LogP contribution in [0.2, 0.25) is 0 Å². The third-order valence-electron chi connectivity index (χ3n) is 8.66. The van der Waals surface area contributed by atoms with Crippen LogP contribution in [0.5, 0.6) is 11.5 Å². The number of fused-ring (bicyclic) bond motifs is 5. The Bertz CT molecular complexity index is 2180. The van der Waals surface area contributed by atoms with Crippen LogP contribution in [0.15, 0.2) is 127 Å². The molecule has 0 atom stereocenters. The van der Waals surface area contributed by atoms with Crippen molar-refractivity contribution in [3.63, 3.8) is 0 Å². The Labute approximate surface area is 284 Å². The number of imidazole rings is 1. The summed E-state index contributed by atoms with van der Waals surface area (Å²) in [6.45, 7) is 6.62. The summed E-state index contributed by atoms with van der Waals surface area (Å²) in [5.74, 6) is 1.73. The molecule has 2 aliphatic heterocycles. The number of ether oxygens (including phenoxy) is 1. The van der Waals surface area contributed by atoms with Crippen molar-refractivity contribution in [1.29, 1.82) is 0 Å². The normalized spacial score (nSPS) is 13.2. The number of para-hydroxylation sites is 6. The van der Waals surface area contributed by atoms with E-state index in [9.17, 15) is 0 Å². The first-order valence-electron chi connectivity index (χ1n) is 15.1. The van der Waals surface area contributed by atoms with Crippen molar-refractivity contribution in [2.24, 2.45) is 0 Å². The minimum atomic E-state index is -0.0927. The summed E-state index contributed by atoms with van der Waals surface area (Å²) in [6, 6.07) is 53.2. The fourth-order valence-electron chi connectivity index (χ4n) is 6.37. The van der Waals surface area contributed by atoms with Crippen LogP contribution in [0, 0.1) is 31.5 Å². The number of hydrogen-bond acceptors (Lipinski definition) is 2. The van der Waals surface area contributed by atoms with Gasteiger partial charge >= 0.3 is 21.1 Å². The predicted molar refractivity (Wildman–Crippen MR) is 178 cm³/mol. The van der Waals surface area contributed by atoms with Crippen LogP contribution in [0.4, 0.5) is 17.1 Å². The number of aromatic nitrogens is 2. The van der Waals surface area contributed by atoms with Gasteiger partial charge in [-0.3, -0.25) is 4.57 Å². The molecular formula is C41H30N3OPt+. The van der Waals surface area contributed by atoms with Crippen LogP contribution in [-0.4, -0.2) is 4.57 Å². The van der Waals surface area contributed by atoms with Gasteiger partial charge in [0.1, 0.15) is 5.75 Å². The molecule has 0 unspecified atom stereocenters. The second-order valence-electron chi connectivity index (χ2n) is 11.9.